The molecule has 2 aliphatic rings. The van der Waals surface area contributed by atoms with Gasteiger partial charge in [-0.3, -0.25) is 4.79 Å². The lowest BCUT2D eigenvalue weighted by atomic mass is 9.87. The van der Waals surface area contributed by atoms with Crippen molar-refractivity contribution in [2.45, 2.75) is 56.7 Å². The summed E-state index contributed by atoms with van der Waals surface area (Å²) in [6.07, 6.45) is 4.07. The van der Waals surface area contributed by atoms with Crippen molar-refractivity contribution >= 4 is 11.9 Å². The first-order valence-electron chi connectivity index (χ1n) is 8.44. The molecular weight excluding hydrogens is 292 g/mol. The molecule has 2 N–H and O–H groups in total. The van der Waals surface area contributed by atoms with Crippen LogP contribution in [0.15, 0.2) is 30.3 Å². The summed E-state index contributed by atoms with van der Waals surface area (Å²) in [6.45, 7) is 2.44. The van der Waals surface area contributed by atoms with Gasteiger partial charge in [0.15, 0.2) is 0 Å². The Labute approximate surface area is 136 Å². The van der Waals surface area contributed by atoms with E-state index in [9.17, 15) is 14.7 Å². The summed E-state index contributed by atoms with van der Waals surface area (Å²) >= 11 is 0. The molecule has 0 aromatic heterocycles. The second-order valence-electron chi connectivity index (χ2n) is 6.57. The first-order chi connectivity index (χ1) is 11.1. The summed E-state index contributed by atoms with van der Waals surface area (Å²) in [7, 11) is 0. The predicted octanol–water partition coefficient (Wildman–Crippen LogP) is 2.34. The van der Waals surface area contributed by atoms with E-state index in [0.29, 0.717) is 13.0 Å². The van der Waals surface area contributed by atoms with Crippen LogP contribution in [0.3, 0.4) is 0 Å². The average Bonchev–Trinajstić information content (AvgIpc) is 3.03. The van der Waals surface area contributed by atoms with E-state index in [1.54, 1.807) is 4.90 Å². The summed E-state index contributed by atoms with van der Waals surface area (Å²) in [4.78, 5) is 26.6. The number of carbonyl (C=O) groups is 2. The first-order valence-corrected chi connectivity index (χ1v) is 8.44. The molecule has 5 heteroatoms. The van der Waals surface area contributed by atoms with E-state index >= 15 is 0 Å². The highest BCUT2D eigenvalue weighted by Crippen LogP contribution is 2.39. The Kier molecular flexibility index (Phi) is 4.39. The number of amides is 1. The van der Waals surface area contributed by atoms with Crippen LogP contribution >= 0.6 is 0 Å². The molecule has 1 aliphatic heterocycles. The summed E-state index contributed by atoms with van der Waals surface area (Å²) in [5.41, 5.74) is 0.439. The second-order valence-corrected chi connectivity index (χ2v) is 6.57. The third kappa shape index (κ3) is 2.74. The minimum Gasteiger partial charge on any atom is -0.480 e. The monoisotopic (exact) mass is 316 g/mol. The molecule has 1 amide bonds. The molecule has 2 atom stereocenters. The van der Waals surface area contributed by atoms with Crippen LogP contribution in [-0.2, 0) is 9.59 Å². The van der Waals surface area contributed by atoms with Gasteiger partial charge in [-0.2, -0.15) is 0 Å². The molecule has 1 aromatic carbocycles. The number of carboxylic acid groups (broad SMARTS) is 1. The van der Waals surface area contributed by atoms with Crippen molar-refractivity contribution in [3.05, 3.63) is 35.9 Å². The van der Waals surface area contributed by atoms with Gasteiger partial charge in [-0.1, -0.05) is 50.1 Å². The maximum atomic E-state index is 13.2. The minimum absolute atomic E-state index is 0.0376. The maximum absolute atomic E-state index is 13.2. The highest BCUT2D eigenvalue weighted by Gasteiger charge is 2.51. The Morgan fingerprint density at radius 1 is 1.35 bits per heavy atom. The van der Waals surface area contributed by atoms with Crippen LogP contribution < -0.4 is 5.32 Å². The highest BCUT2D eigenvalue weighted by atomic mass is 16.4. The number of hydrogen-bond acceptors (Lipinski definition) is 3. The zero-order chi connectivity index (χ0) is 16.4. The normalized spacial score (nSPS) is 24.8. The van der Waals surface area contributed by atoms with E-state index in [4.69, 9.17) is 0 Å². The predicted molar refractivity (Wildman–Crippen MR) is 86.9 cm³/mol. The summed E-state index contributed by atoms with van der Waals surface area (Å²) in [6, 6.07) is 8.73. The Morgan fingerprint density at radius 2 is 2.00 bits per heavy atom. The van der Waals surface area contributed by atoms with Crippen molar-refractivity contribution in [3.63, 3.8) is 0 Å². The summed E-state index contributed by atoms with van der Waals surface area (Å²) < 4.78 is 0. The molecule has 23 heavy (non-hydrogen) atoms. The van der Waals surface area contributed by atoms with E-state index in [1.807, 2.05) is 37.3 Å². The van der Waals surface area contributed by atoms with Crippen molar-refractivity contribution in [1.82, 2.24) is 10.2 Å². The zero-order valence-corrected chi connectivity index (χ0v) is 13.5. The van der Waals surface area contributed by atoms with E-state index in [1.165, 1.54) is 0 Å². The van der Waals surface area contributed by atoms with Crippen LogP contribution in [0.2, 0.25) is 0 Å². The Bertz CT molecular complexity index is 581. The third-order valence-corrected chi connectivity index (χ3v) is 5.26. The van der Waals surface area contributed by atoms with E-state index < -0.39 is 17.6 Å². The van der Waals surface area contributed by atoms with Gasteiger partial charge < -0.3 is 15.3 Å². The number of carbonyl (C=O) groups excluding carboxylic acids is 1. The average molecular weight is 316 g/mol. The van der Waals surface area contributed by atoms with Crippen LogP contribution in [-0.4, -0.2) is 40.0 Å². The number of nitrogens with zero attached hydrogens (tertiary/aromatic N) is 1. The van der Waals surface area contributed by atoms with Crippen LogP contribution in [0.4, 0.5) is 0 Å². The lowest BCUT2D eigenvalue weighted by Gasteiger charge is -2.47. The van der Waals surface area contributed by atoms with Gasteiger partial charge in [0.1, 0.15) is 6.04 Å². The number of aliphatic carboxylic acids is 1. The second kappa shape index (κ2) is 6.32. The van der Waals surface area contributed by atoms with Gasteiger partial charge in [-0.05, 0) is 24.8 Å². The lowest BCUT2D eigenvalue weighted by molar-refractivity contribution is -0.159. The molecule has 1 saturated carbocycles. The van der Waals surface area contributed by atoms with Gasteiger partial charge in [0.2, 0.25) is 5.91 Å². The molecule has 1 heterocycles. The quantitative estimate of drug-likeness (QED) is 0.894. The van der Waals surface area contributed by atoms with Crippen molar-refractivity contribution in [3.8, 4) is 0 Å². The van der Waals surface area contributed by atoms with Crippen LogP contribution in [0, 0.1) is 0 Å². The smallest absolute Gasteiger partial charge is 0.326 e. The van der Waals surface area contributed by atoms with Gasteiger partial charge in [-0.25, -0.2) is 4.79 Å². The number of carboxylic acids is 1. The van der Waals surface area contributed by atoms with Crippen molar-refractivity contribution in [2.75, 3.05) is 6.54 Å². The van der Waals surface area contributed by atoms with Crippen LogP contribution in [0.5, 0.6) is 0 Å². The molecule has 124 valence electrons. The van der Waals surface area contributed by atoms with Crippen LogP contribution in [0.1, 0.15) is 50.6 Å². The van der Waals surface area contributed by atoms with Crippen molar-refractivity contribution in [1.29, 1.82) is 0 Å². The molecule has 1 unspecified atom stereocenters. The fraction of sp³-hybridized carbons (Fsp3) is 0.556. The Hall–Kier alpha value is -1.88. The number of piperazine rings is 1. The van der Waals surface area contributed by atoms with Gasteiger partial charge in [0.25, 0.3) is 0 Å². The molecule has 1 spiro atoms. The maximum Gasteiger partial charge on any atom is 0.326 e. The van der Waals surface area contributed by atoms with E-state index in [-0.39, 0.29) is 11.9 Å². The summed E-state index contributed by atoms with van der Waals surface area (Å²) in [5, 5.41) is 13.1. The van der Waals surface area contributed by atoms with E-state index in [0.717, 1.165) is 31.2 Å². The Balaban J connectivity index is 1.99. The zero-order valence-electron chi connectivity index (χ0n) is 13.5. The molecule has 1 aliphatic carbocycles. The molecule has 5 nitrogen and oxygen atoms in total. The van der Waals surface area contributed by atoms with Gasteiger partial charge in [0.05, 0.1) is 11.6 Å². The molecular formula is C18H24N2O3. The van der Waals surface area contributed by atoms with Gasteiger partial charge in [-0.15, -0.1) is 0 Å². The number of nitrogens with one attached hydrogen (secondary N) is 1. The largest absolute Gasteiger partial charge is 0.480 e. The molecule has 3 rings (SSSR count). The van der Waals surface area contributed by atoms with Crippen molar-refractivity contribution in [2.24, 2.45) is 0 Å². The van der Waals surface area contributed by atoms with Crippen LogP contribution in [0.25, 0.3) is 0 Å². The minimum atomic E-state index is -0.920. The number of benzene rings is 1. The fourth-order valence-electron chi connectivity index (χ4n) is 4.03. The SMILES string of the molecule is CCC(C(=O)O)N1C(=O)C2(CCCC2)NC[C@H]1c1ccccc1. The van der Waals surface area contributed by atoms with Gasteiger partial charge >= 0.3 is 5.97 Å². The summed E-state index contributed by atoms with van der Waals surface area (Å²) in [5.74, 6) is -0.957. The topological polar surface area (TPSA) is 69.6 Å². The standard InChI is InChI=1S/C18H24N2O3/c1-2-14(16(21)22)20-15(13-8-4-3-5-9-13)12-19-18(17(20)23)10-6-7-11-18/h3-5,8-9,14-15,19H,2,6-7,10-12H2,1H3,(H,21,22)/t14?,15-/m0/s1. The molecule has 1 saturated heterocycles. The molecule has 1 aromatic rings. The number of rotatable bonds is 4. The lowest BCUT2D eigenvalue weighted by Crippen LogP contribution is -2.66. The van der Waals surface area contributed by atoms with Gasteiger partial charge in [0, 0.05) is 6.54 Å². The van der Waals surface area contributed by atoms with E-state index in [2.05, 4.69) is 5.32 Å². The number of hydrogen-bond donors (Lipinski definition) is 2. The fourth-order valence-corrected chi connectivity index (χ4v) is 4.03. The Morgan fingerprint density at radius 3 is 2.57 bits per heavy atom. The molecule has 2 fully saturated rings. The first kappa shape index (κ1) is 16.0. The molecule has 0 radical (unpaired) electrons. The molecule has 0 bridgehead atoms. The van der Waals surface area contributed by atoms with Crippen molar-refractivity contribution < 1.29 is 14.7 Å². The highest BCUT2D eigenvalue weighted by molar-refractivity contribution is 5.91. The third-order valence-electron chi connectivity index (χ3n) is 5.26.